The number of benzene rings is 1. The Morgan fingerprint density at radius 3 is 2.76 bits per heavy atom. The van der Waals surface area contributed by atoms with Crippen LogP contribution in [0.1, 0.15) is 15.9 Å². The second kappa shape index (κ2) is 8.37. The number of nitrogens with zero attached hydrogens (tertiary/aromatic N) is 1. The summed E-state index contributed by atoms with van der Waals surface area (Å²) >= 11 is 3.28. The molecule has 3 N–H and O–H groups in total. The van der Waals surface area contributed by atoms with E-state index in [0.29, 0.717) is 4.47 Å². The van der Waals surface area contributed by atoms with Crippen LogP contribution in [-0.4, -0.2) is 37.1 Å². The number of hydrogen-bond donors (Lipinski definition) is 3. The number of nitrogens with one attached hydrogen (secondary N) is 2. The van der Waals surface area contributed by atoms with Gasteiger partial charge < -0.3 is 10.4 Å². The van der Waals surface area contributed by atoms with Crippen LogP contribution in [0.2, 0.25) is 0 Å². The number of anilines is 2. The van der Waals surface area contributed by atoms with Gasteiger partial charge in [-0.05, 0) is 39.9 Å². The van der Waals surface area contributed by atoms with Crippen molar-refractivity contribution >= 4 is 46.7 Å². The van der Waals surface area contributed by atoms with Crippen molar-refractivity contribution in [2.45, 2.75) is 6.92 Å². The number of aromatic nitrogens is 1. The summed E-state index contributed by atoms with van der Waals surface area (Å²) in [6.07, 6.45) is 1.54. The van der Waals surface area contributed by atoms with Gasteiger partial charge >= 0.3 is 0 Å². The Hall–Kier alpha value is -2.04. The van der Waals surface area contributed by atoms with Crippen LogP contribution in [-0.2, 0) is 4.84 Å². The molecule has 132 valence electrons. The molecule has 0 saturated carbocycles. The predicted octanol–water partition coefficient (Wildman–Crippen LogP) is 1.09. The molecular weight excluding hydrogens is 399 g/mol. The molecule has 1 aromatic heterocycles. The average molecular weight is 414 g/mol. The zero-order chi connectivity index (χ0) is 18.6. The highest BCUT2D eigenvalue weighted by molar-refractivity contribution is 9.10. The molecule has 0 fully saturated rings. The van der Waals surface area contributed by atoms with E-state index in [4.69, 9.17) is 9.94 Å². The number of hydrogen-bond acceptors (Lipinski definition) is 5. The molecule has 0 aliphatic rings. The van der Waals surface area contributed by atoms with E-state index in [-0.39, 0.29) is 35.7 Å². The van der Waals surface area contributed by atoms with Gasteiger partial charge in [-0.25, -0.2) is 19.2 Å². The molecule has 2 rings (SSSR count). The number of aryl methyl sites for hydroxylation is 1. The van der Waals surface area contributed by atoms with Gasteiger partial charge in [-0.1, -0.05) is 6.07 Å². The highest BCUT2D eigenvalue weighted by Crippen LogP contribution is 2.29. The second-order valence-corrected chi connectivity index (χ2v) is 6.07. The SMILES string of the molecule is Bc1cc(C(=O)NOCCO)c(Nc2ncc(C)cc2Br)c(F)c1F. The van der Waals surface area contributed by atoms with E-state index in [2.05, 4.69) is 31.7 Å². The van der Waals surface area contributed by atoms with Crippen molar-refractivity contribution in [1.82, 2.24) is 10.5 Å². The first-order valence-electron chi connectivity index (χ1n) is 7.26. The summed E-state index contributed by atoms with van der Waals surface area (Å²) in [4.78, 5) is 21.0. The largest absolute Gasteiger partial charge is 0.394 e. The number of hydroxylamine groups is 1. The smallest absolute Gasteiger partial charge is 0.277 e. The van der Waals surface area contributed by atoms with Crippen molar-refractivity contribution in [2.75, 3.05) is 18.5 Å². The number of aliphatic hydroxyl groups excluding tert-OH is 1. The van der Waals surface area contributed by atoms with Gasteiger partial charge in [-0.3, -0.25) is 9.63 Å². The predicted molar refractivity (Wildman–Crippen MR) is 95.0 cm³/mol. The molecule has 0 bridgehead atoms. The first-order valence-corrected chi connectivity index (χ1v) is 8.05. The van der Waals surface area contributed by atoms with Gasteiger partial charge in [0.15, 0.2) is 11.6 Å². The molecular formula is C15H15BBrF2N3O3. The van der Waals surface area contributed by atoms with Gasteiger partial charge in [0.25, 0.3) is 5.91 Å². The lowest BCUT2D eigenvalue weighted by molar-refractivity contribution is 0.0169. The molecule has 1 amide bonds. The van der Waals surface area contributed by atoms with Crippen LogP contribution in [0.4, 0.5) is 20.3 Å². The van der Waals surface area contributed by atoms with E-state index in [1.165, 1.54) is 13.9 Å². The fourth-order valence-electron chi connectivity index (χ4n) is 2.02. The Labute approximate surface area is 152 Å². The highest BCUT2D eigenvalue weighted by atomic mass is 79.9. The summed E-state index contributed by atoms with van der Waals surface area (Å²) in [7, 11) is 1.34. The van der Waals surface area contributed by atoms with Crippen LogP contribution in [0.3, 0.4) is 0 Å². The van der Waals surface area contributed by atoms with E-state index >= 15 is 0 Å². The summed E-state index contributed by atoms with van der Waals surface area (Å²) in [5.41, 5.74) is 2.36. The van der Waals surface area contributed by atoms with E-state index in [9.17, 15) is 13.6 Å². The quantitative estimate of drug-likeness (QED) is 0.375. The monoisotopic (exact) mass is 413 g/mol. The summed E-state index contributed by atoms with van der Waals surface area (Å²) in [5, 5.41) is 11.3. The van der Waals surface area contributed by atoms with Gasteiger partial charge in [-0.2, -0.15) is 0 Å². The summed E-state index contributed by atoms with van der Waals surface area (Å²) < 4.78 is 28.9. The van der Waals surface area contributed by atoms with Crippen LogP contribution in [0.15, 0.2) is 22.8 Å². The molecule has 1 aromatic carbocycles. The van der Waals surface area contributed by atoms with Crippen LogP contribution < -0.4 is 16.3 Å². The van der Waals surface area contributed by atoms with Crippen molar-refractivity contribution in [2.24, 2.45) is 0 Å². The van der Waals surface area contributed by atoms with Gasteiger partial charge in [0, 0.05) is 6.20 Å². The normalized spacial score (nSPS) is 10.6. The molecule has 0 aliphatic carbocycles. The lowest BCUT2D eigenvalue weighted by Gasteiger charge is -2.15. The fourth-order valence-corrected chi connectivity index (χ4v) is 2.58. The number of rotatable bonds is 6. The molecule has 6 nitrogen and oxygen atoms in total. The number of aliphatic hydroxyl groups is 1. The summed E-state index contributed by atoms with van der Waals surface area (Å²) in [6, 6.07) is 2.93. The molecule has 10 heteroatoms. The lowest BCUT2D eigenvalue weighted by atomic mass is 9.92. The minimum Gasteiger partial charge on any atom is -0.394 e. The summed E-state index contributed by atoms with van der Waals surface area (Å²) in [5.74, 6) is -2.85. The molecule has 0 aliphatic heterocycles. The van der Waals surface area contributed by atoms with Gasteiger partial charge in [-0.15, -0.1) is 0 Å². The number of pyridine rings is 1. The Bertz CT molecular complexity index is 808. The lowest BCUT2D eigenvalue weighted by Crippen LogP contribution is -2.28. The Kier molecular flexibility index (Phi) is 6.46. The number of halogens is 3. The maximum absolute atomic E-state index is 14.4. The zero-order valence-corrected chi connectivity index (χ0v) is 15.1. The summed E-state index contributed by atoms with van der Waals surface area (Å²) in [6.45, 7) is 1.38. The minimum atomic E-state index is -1.21. The number of carbonyl (C=O) groups excluding carboxylic acids is 1. The fraction of sp³-hybridized carbons (Fsp3) is 0.200. The first-order chi connectivity index (χ1) is 11.8. The standard InChI is InChI=1S/C15H15BBrF2N3O3/c1-7-4-10(17)14(20-6-7)21-13-8(15(24)22-25-3-2-23)5-9(16)11(18)12(13)19/h4-6,23H,2-3,16H2,1H3,(H,20,21)(H,22,24). The maximum atomic E-state index is 14.4. The second-order valence-electron chi connectivity index (χ2n) is 5.22. The van der Waals surface area contributed by atoms with Crippen molar-refractivity contribution in [3.05, 3.63) is 45.6 Å². The molecule has 0 atom stereocenters. The molecule has 0 saturated heterocycles. The topological polar surface area (TPSA) is 83.5 Å². The van der Waals surface area contributed by atoms with Crippen LogP contribution in [0.25, 0.3) is 0 Å². The molecule has 2 aromatic rings. The Morgan fingerprint density at radius 2 is 2.12 bits per heavy atom. The average Bonchev–Trinajstić information content (AvgIpc) is 2.57. The van der Waals surface area contributed by atoms with Crippen LogP contribution in [0.5, 0.6) is 0 Å². The van der Waals surface area contributed by atoms with Crippen LogP contribution in [0, 0.1) is 18.6 Å². The van der Waals surface area contributed by atoms with Crippen LogP contribution >= 0.6 is 15.9 Å². The van der Waals surface area contributed by atoms with Crippen molar-refractivity contribution in [1.29, 1.82) is 0 Å². The molecule has 0 radical (unpaired) electrons. The number of carbonyl (C=O) groups is 1. The van der Waals surface area contributed by atoms with Crippen molar-refractivity contribution in [3.63, 3.8) is 0 Å². The van der Waals surface area contributed by atoms with E-state index < -0.39 is 17.5 Å². The zero-order valence-electron chi connectivity index (χ0n) is 13.5. The van der Waals surface area contributed by atoms with E-state index in [1.54, 1.807) is 12.3 Å². The third-order valence-corrected chi connectivity index (χ3v) is 3.82. The first kappa shape index (κ1) is 19.3. The minimum absolute atomic E-state index is 0.0358. The maximum Gasteiger partial charge on any atom is 0.277 e. The van der Waals surface area contributed by atoms with Gasteiger partial charge in [0.1, 0.15) is 13.7 Å². The van der Waals surface area contributed by atoms with Crippen molar-refractivity contribution in [3.8, 4) is 0 Å². The Morgan fingerprint density at radius 1 is 1.40 bits per heavy atom. The molecule has 0 spiro atoms. The molecule has 1 heterocycles. The van der Waals surface area contributed by atoms with E-state index in [1.807, 2.05) is 6.92 Å². The van der Waals surface area contributed by atoms with E-state index in [0.717, 1.165) is 5.56 Å². The highest BCUT2D eigenvalue weighted by Gasteiger charge is 2.22. The number of amides is 1. The molecule has 25 heavy (non-hydrogen) atoms. The van der Waals surface area contributed by atoms with Gasteiger partial charge in [0.2, 0.25) is 0 Å². The molecule has 0 unspecified atom stereocenters. The van der Waals surface area contributed by atoms with Crippen molar-refractivity contribution < 1.29 is 23.5 Å². The third-order valence-electron chi connectivity index (χ3n) is 3.21. The third kappa shape index (κ3) is 4.53. The Balaban J connectivity index is 2.44. The van der Waals surface area contributed by atoms with Gasteiger partial charge in [0.05, 0.1) is 28.9 Å².